The molecule has 1 aromatic heterocycles. The van der Waals surface area contributed by atoms with Crippen LogP contribution in [0.1, 0.15) is 42.5 Å². The number of nitrogens with one attached hydrogen (secondary N) is 1. The van der Waals surface area contributed by atoms with Gasteiger partial charge in [0, 0.05) is 13.0 Å². The zero-order valence-electron chi connectivity index (χ0n) is 15.4. The lowest BCUT2D eigenvalue weighted by atomic mass is 10.2. The fourth-order valence-electron chi connectivity index (χ4n) is 3.07. The lowest BCUT2D eigenvalue weighted by Crippen LogP contribution is -2.25. The molecular weight excluding hydrogens is 362 g/mol. The average molecular weight is 384 g/mol. The molecule has 0 aliphatic carbocycles. The molecule has 2 aromatic carbocycles. The molecule has 3 aromatic rings. The number of carbonyl (C=O) groups is 2. The van der Waals surface area contributed by atoms with Gasteiger partial charge in [0.2, 0.25) is 0 Å². The molecule has 0 aliphatic rings. The van der Waals surface area contributed by atoms with E-state index in [1.54, 1.807) is 31.2 Å². The third kappa shape index (κ3) is 4.19. The molecule has 3 rings (SSSR count). The van der Waals surface area contributed by atoms with E-state index in [1.807, 2.05) is 35.8 Å². The van der Waals surface area contributed by atoms with Crippen LogP contribution >= 0.6 is 11.6 Å². The maximum absolute atomic E-state index is 12.2. The fourth-order valence-corrected chi connectivity index (χ4v) is 3.30. The largest absolute Gasteiger partial charge is 0.352 e. The summed E-state index contributed by atoms with van der Waals surface area (Å²) in [6.45, 7) is 3.98. The van der Waals surface area contributed by atoms with Gasteiger partial charge in [0.05, 0.1) is 27.7 Å². The molecule has 0 radical (unpaired) electrons. The van der Waals surface area contributed by atoms with E-state index in [-0.39, 0.29) is 17.7 Å². The number of nitrogens with zero attached hydrogens (tertiary/aromatic N) is 2. The van der Waals surface area contributed by atoms with Crippen molar-refractivity contribution in [2.75, 3.05) is 6.54 Å². The Labute approximate surface area is 163 Å². The predicted molar refractivity (Wildman–Crippen MR) is 107 cm³/mol. The Morgan fingerprint density at radius 2 is 1.85 bits per heavy atom. The Balaban J connectivity index is 1.68. The third-order valence-electron chi connectivity index (χ3n) is 4.63. The van der Waals surface area contributed by atoms with E-state index < -0.39 is 0 Å². The predicted octanol–water partition coefficient (Wildman–Crippen LogP) is 4.20. The maximum Gasteiger partial charge on any atom is 0.252 e. The number of aromatic nitrogens is 2. The first-order valence-corrected chi connectivity index (χ1v) is 9.36. The van der Waals surface area contributed by atoms with E-state index >= 15 is 0 Å². The highest BCUT2D eigenvalue weighted by molar-refractivity contribution is 6.33. The lowest BCUT2D eigenvalue weighted by Gasteiger charge is -2.15. The number of hydrogen-bond donors (Lipinski definition) is 1. The minimum atomic E-state index is -0.273. The first kappa shape index (κ1) is 19.1. The Kier molecular flexibility index (Phi) is 5.91. The Morgan fingerprint density at radius 3 is 2.59 bits per heavy atom. The summed E-state index contributed by atoms with van der Waals surface area (Å²) < 4.78 is 1.99. The van der Waals surface area contributed by atoms with Crippen molar-refractivity contribution in [3.05, 3.63) is 64.9 Å². The van der Waals surface area contributed by atoms with E-state index in [2.05, 4.69) is 10.3 Å². The number of halogens is 1. The molecule has 5 nitrogen and oxygen atoms in total. The number of benzene rings is 2. The van der Waals surface area contributed by atoms with Gasteiger partial charge in [-0.25, -0.2) is 4.98 Å². The van der Waals surface area contributed by atoms with Crippen LogP contribution in [0.15, 0.2) is 48.5 Å². The van der Waals surface area contributed by atoms with Gasteiger partial charge in [-0.2, -0.15) is 0 Å². The van der Waals surface area contributed by atoms with Crippen molar-refractivity contribution in [3.8, 4) is 0 Å². The lowest BCUT2D eigenvalue weighted by molar-refractivity contribution is -0.119. The molecule has 27 heavy (non-hydrogen) atoms. The summed E-state index contributed by atoms with van der Waals surface area (Å²) in [7, 11) is 0. The van der Waals surface area contributed by atoms with Crippen LogP contribution < -0.4 is 5.32 Å². The molecule has 0 saturated heterocycles. The molecule has 140 valence electrons. The van der Waals surface area contributed by atoms with Crippen molar-refractivity contribution in [2.24, 2.45) is 0 Å². The molecule has 0 spiro atoms. The van der Waals surface area contributed by atoms with Crippen LogP contribution in [0.5, 0.6) is 0 Å². The Hall–Kier alpha value is -2.66. The van der Waals surface area contributed by atoms with Crippen LogP contribution in [0.3, 0.4) is 0 Å². The van der Waals surface area contributed by atoms with E-state index in [4.69, 9.17) is 11.6 Å². The molecule has 0 fully saturated rings. The van der Waals surface area contributed by atoms with Crippen molar-refractivity contribution >= 4 is 34.3 Å². The smallest absolute Gasteiger partial charge is 0.252 e. The van der Waals surface area contributed by atoms with Gasteiger partial charge in [-0.1, -0.05) is 35.9 Å². The van der Waals surface area contributed by atoms with E-state index in [9.17, 15) is 9.59 Å². The molecule has 1 heterocycles. The summed E-state index contributed by atoms with van der Waals surface area (Å²) in [5.74, 6) is 0.753. The van der Waals surface area contributed by atoms with Crippen LogP contribution in [0.2, 0.25) is 5.02 Å². The highest BCUT2D eigenvalue weighted by atomic mass is 35.5. The summed E-state index contributed by atoms with van der Waals surface area (Å²) in [5, 5.41) is 3.32. The van der Waals surface area contributed by atoms with Gasteiger partial charge >= 0.3 is 0 Å². The summed E-state index contributed by atoms with van der Waals surface area (Å²) in [5.41, 5.74) is 2.30. The summed E-state index contributed by atoms with van der Waals surface area (Å²) in [6.07, 6.45) is 1.37. The second-order valence-electron chi connectivity index (χ2n) is 6.51. The number of aryl methyl sites for hydroxylation is 1. The van der Waals surface area contributed by atoms with Crippen LogP contribution in [0.25, 0.3) is 11.0 Å². The quantitative estimate of drug-likeness (QED) is 0.622. The van der Waals surface area contributed by atoms with Crippen molar-refractivity contribution in [2.45, 2.75) is 32.7 Å². The highest BCUT2D eigenvalue weighted by Crippen LogP contribution is 2.22. The molecule has 0 aliphatic heterocycles. The van der Waals surface area contributed by atoms with E-state index in [1.165, 1.54) is 0 Å². The van der Waals surface area contributed by atoms with E-state index in [0.29, 0.717) is 30.0 Å². The van der Waals surface area contributed by atoms with Gasteiger partial charge in [-0.15, -0.1) is 0 Å². The molecule has 1 amide bonds. The number of para-hydroxylation sites is 2. The second-order valence-corrected chi connectivity index (χ2v) is 6.92. The van der Waals surface area contributed by atoms with Crippen molar-refractivity contribution in [1.82, 2.24) is 14.9 Å². The van der Waals surface area contributed by atoms with Gasteiger partial charge < -0.3 is 9.88 Å². The summed E-state index contributed by atoms with van der Waals surface area (Å²) in [4.78, 5) is 28.8. The Morgan fingerprint density at radius 1 is 1.15 bits per heavy atom. The molecule has 1 atom stereocenters. The van der Waals surface area contributed by atoms with Gasteiger partial charge in [0.1, 0.15) is 5.82 Å². The monoisotopic (exact) mass is 383 g/mol. The van der Waals surface area contributed by atoms with Gasteiger partial charge in [0.25, 0.3) is 5.91 Å². The fraction of sp³-hybridized carbons (Fsp3) is 0.286. The number of hydrogen-bond acceptors (Lipinski definition) is 3. The highest BCUT2D eigenvalue weighted by Gasteiger charge is 2.18. The zero-order valence-corrected chi connectivity index (χ0v) is 16.2. The van der Waals surface area contributed by atoms with Gasteiger partial charge in [0.15, 0.2) is 5.78 Å². The number of ketones is 1. The zero-order chi connectivity index (χ0) is 19.4. The van der Waals surface area contributed by atoms with Gasteiger partial charge in [-0.05, 0) is 44.5 Å². The van der Waals surface area contributed by atoms with Crippen LogP contribution in [-0.4, -0.2) is 27.8 Å². The second kappa shape index (κ2) is 8.35. The Bertz CT molecular complexity index is 980. The van der Waals surface area contributed by atoms with Gasteiger partial charge in [-0.3, -0.25) is 9.59 Å². The number of amides is 1. The molecule has 1 unspecified atom stereocenters. The number of rotatable bonds is 7. The molecule has 0 saturated carbocycles. The number of imidazole rings is 1. The first-order chi connectivity index (χ1) is 13.0. The van der Waals surface area contributed by atoms with Crippen molar-refractivity contribution in [1.29, 1.82) is 0 Å². The number of carbonyl (C=O) groups excluding carboxylic acids is 2. The molecular formula is C21H22ClN3O2. The normalized spacial score (nSPS) is 12.1. The maximum atomic E-state index is 12.2. The average Bonchev–Trinajstić information content (AvgIpc) is 3.02. The molecule has 6 heteroatoms. The van der Waals surface area contributed by atoms with Crippen LogP contribution in [0, 0.1) is 0 Å². The minimum Gasteiger partial charge on any atom is -0.352 e. The number of Topliss-reactive ketones (excluding diaryl/α,β-unsaturated/α-hetero) is 1. The summed E-state index contributed by atoms with van der Waals surface area (Å²) >= 11 is 6.05. The summed E-state index contributed by atoms with van der Waals surface area (Å²) in [6, 6.07) is 14.5. The van der Waals surface area contributed by atoms with Crippen molar-refractivity contribution in [3.63, 3.8) is 0 Å². The van der Waals surface area contributed by atoms with Crippen molar-refractivity contribution < 1.29 is 9.59 Å². The van der Waals surface area contributed by atoms with E-state index in [0.717, 1.165) is 16.9 Å². The topological polar surface area (TPSA) is 64.0 Å². The standard InChI is InChI=1S/C21H22ClN3O2/c1-14(15(2)26)25-19-11-6-5-10-18(19)24-20(25)12-7-13-23-21(27)16-8-3-4-9-17(16)22/h3-6,8-11,14H,7,12-13H2,1-2H3,(H,23,27). The molecule has 0 bridgehead atoms. The van der Waals surface area contributed by atoms with Crippen LogP contribution in [0.4, 0.5) is 0 Å². The molecule has 1 N–H and O–H groups in total. The minimum absolute atomic E-state index is 0.0893. The number of fused-ring (bicyclic) bond motifs is 1. The SMILES string of the molecule is CC(=O)C(C)n1c(CCCNC(=O)c2ccccc2Cl)nc2ccccc21. The third-order valence-corrected chi connectivity index (χ3v) is 4.96. The first-order valence-electron chi connectivity index (χ1n) is 8.98. The van der Waals surface area contributed by atoms with Crippen LogP contribution in [-0.2, 0) is 11.2 Å².